The number of hydrogen-bond donors (Lipinski definition) is 3. The van der Waals surface area contributed by atoms with Crippen molar-refractivity contribution in [3.05, 3.63) is 89.3 Å². The molecule has 2 fully saturated rings. The Morgan fingerprint density at radius 1 is 1.02 bits per heavy atom. The van der Waals surface area contributed by atoms with E-state index in [0.29, 0.717) is 42.2 Å². The molecule has 1 atom stereocenters. The van der Waals surface area contributed by atoms with Crippen LogP contribution in [-0.4, -0.2) is 63.0 Å². The normalized spacial score (nSPS) is 19.0. The number of aromatic nitrogens is 2. The van der Waals surface area contributed by atoms with Crippen molar-refractivity contribution in [2.24, 2.45) is 7.05 Å². The summed E-state index contributed by atoms with van der Waals surface area (Å²) in [6, 6.07) is 17.0. The minimum absolute atomic E-state index is 0.286. The van der Waals surface area contributed by atoms with Crippen LogP contribution in [-0.2, 0) is 16.6 Å². The van der Waals surface area contributed by atoms with E-state index in [9.17, 15) is 14.4 Å². The summed E-state index contributed by atoms with van der Waals surface area (Å²) in [6.45, 7) is 3.04. The molecule has 2 aliphatic rings. The number of likely N-dealkylation sites (tertiary alicyclic amines) is 1. The van der Waals surface area contributed by atoms with Gasteiger partial charge < -0.3 is 25.2 Å². The van der Waals surface area contributed by atoms with E-state index in [2.05, 4.69) is 39.4 Å². The summed E-state index contributed by atoms with van der Waals surface area (Å²) in [4.78, 5) is 45.0. The van der Waals surface area contributed by atoms with Crippen LogP contribution in [0, 0.1) is 6.92 Å². The van der Waals surface area contributed by atoms with Gasteiger partial charge in [-0.05, 0) is 92.8 Å². The van der Waals surface area contributed by atoms with Gasteiger partial charge in [-0.2, -0.15) is 0 Å². The lowest BCUT2D eigenvalue weighted by molar-refractivity contribution is -0.131. The average Bonchev–Trinajstić information content (AvgIpc) is 3.76. The molecule has 2 aromatic heterocycles. The molecule has 1 aliphatic carbocycles. The van der Waals surface area contributed by atoms with Crippen molar-refractivity contribution >= 4 is 40.4 Å². The maximum absolute atomic E-state index is 13.9. The van der Waals surface area contributed by atoms with Gasteiger partial charge in [-0.25, -0.2) is 4.79 Å². The van der Waals surface area contributed by atoms with Gasteiger partial charge in [0.1, 0.15) is 5.54 Å². The van der Waals surface area contributed by atoms with Crippen LogP contribution in [0.15, 0.2) is 66.9 Å². The van der Waals surface area contributed by atoms with E-state index >= 15 is 0 Å². The number of pyridine rings is 1. The van der Waals surface area contributed by atoms with Crippen LogP contribution in [0.5, 0.6) is 0 Å². The van der Waals surface area contributed by atoms with Crippen LogP contribution in [0.4, 0.5) is 5.69 Å². The van der Waals surface area contributed by atoms with Crippen molar-refractivity contribution in [2.45, 2.75) is 50.5 Å². The van der Waals surface area contributed by atoms with Crippen molar-refractivity contribution in [2.75, 3.05) is 25.5 Å². The van der Waals surface area contributed by atoms with Gasteiger partial charge in [0.2, 0.25) is 0 Å². The Balaban J connectivity index is 1.29. The van der Waals surface area contributed by atoms with Gasteiger partial charge in [-0.3, -0.25) is 14.6 Å². The van der Waals surface area contributed by atoms with Crippen molar-refractivity contribution in [1.29, 1.82) is 0 Å². The SMILES string of the molecule is Cc1ccc(-c2c(C3CCCC3)c3ccc(C(=O)N[C@@]4(C(=O)Nc5ccc(/C=C/C(=O)O)cc5)CCN(C)C4)cc3n2C)cn1. The maximum atomic E-state index is 13.9. The Hall–Kier alpha value is -4.76. The zero-order valence-electron chi connectivity index (χ0n) is 26.0. The summed E-state index contributed by atoms with van der Waals surface area (Å²) < 4.78 is 2.19. The van der Waals surface area contributed by atoms with Crippen LogP contribution in [0.1, 0.15) is 65.2 Å². The fraction of sp³-hybridized carbons (Fsp3) is 0.333. The van der Waals surface area contributed by atoms with Crippen molar-refractivity contribution < 1.29 is 19.5 Å². The number of nitrogens with one attached hydrogen (secondary N) is 2. The van der Waals surface area contributed by atoms with Crippen LogP contribution in [0.25, 0.3) is 28.2 Å². The highest BCUT2D eigenvalue weighted by Crippen LogP contribution is 2.44. The van der Waals surface area contributed by atoms with Gasteiger partial charge in [0.05, 0.1) is 5.69 Å². The molecule has 0 radical (unpaired) electrons. The number of aryl methyl sites for hydroxylation is 2. The number of carboxylic acid groups (broad SMARTS) is 1. The number of carboxylic acids is 1. The van der Waals surface area contributed by atoms with Crippen molar-refractivity contribution in [3.63, 3.8) is 0 Å². The van der Waals surface area contributed by atoms with Gasteiger partial charge in [0.15, 0.2) is 0 Å². The summed E-state index contributed by atoms with van der Waals surface area (Å²) in [6.07, 6.45) is 9.71. The molecule has 3 heterocycles. The lowest BCUT2D eigenvalue weighted by atomic mass is 9.92. The van der Waals surface area contributed by atoms with E-state index in [1.807, 2.05) is 43.3 Å². The van der Waals surface area contributed by atoms with Crippen LogP contribution in [0.3, 0.4) is 0 Å². The molecule has 1 saturated heterocycles. The minimum atomic E-state index is -1.11. The van der Waals surface area contributed by atoms with Gasteiger partial charge in [0.25, 0.3) is 11.8 Å². The minimum Gasteiger partial charge on any atom is -0.478 e. The number of carbonyl (C=O) groups is 3. The highest BCUT2D eigenvalue weighted by Gasteiger charge is 2.45. The van der Waals surface area contributed by atoms with E-state index in [1.165, 1.54) is 24.5 Å². The molecule has 0 spiro atoms. The fourth-order valence-electron chi connectivity index (χ4n) is 6.92. The zero-order chi connectivity index (χ0) is 31.7. The van der Waals surface area contributed by atoms with Crippen LogP contribution in [0.2, 0.25) is 0 Å². The van der Waals surface area contributed by atoms with Gasteiger partial charge in [-0.1, -0.05) is 31.0 Å². The first kappa shape index (κ1) is 30.3. The molecule has 6 rings (SSSR count). The lowest BCUT2D eigenvalue weighted by Crippen LogP contribution is -2.58. The monoisotopic (exact) mass is 605 g/mol. The van der Waals surface area contributed by atoms with E-state index in [-0.39, 0.29) is 11.8 Å². The smallest absolute Gasteiger partial charge is 0.328 e. The molecular formula is C36H39N5O4. The number of anilines is 1. The number of fused-ring (bicyclic) bond motifs is 1. The number of aliphatic carboxylic acids is 1. The Bertz CT molecular complexity index is 1780. The number of nitrogens with zero attached hydrogens (tertiary/aromatic N) is 3. The topological polar surface area (TPSA) is 117 Å². The van der Waals surface area contributed by atoms with Crippen molar-refractivity contribution in [1.82, 2.24) is 19.8 Å². The maximum Gasteiger partial charge on any atom is 0.328 e. The van der Waals surface area contributed by atoms with Crippen LogP contribution < -0.4 is 10.6 Å². The fourth-order valence-corrected chi connectivity index (χ4v) is 6.92. The molecule has 2 aromatic carbocycles. The zero-order valence-corrected chi connectivity index (χ0v) is 26.0. The number of carbonyl (C=O) groups excluding carboxylic acids is 2. The second-order valence-corrected chi connectivity index (χ2v) is 12.5. The molecule has 1 saturated carbocycles. The molecule has 9 heteroatoms. The average molecular weight is 606 g/mol. The highest BCUT2D eigenvalue weighted by molar-refractivity contribution is 6.06. The first-order valence-electron chi connectivity index (χ1n) is 15.5. The largest absolute Gasteiger partial charge is 0.478 e. The molecule has 3 N–H and O–H groups in total. The number of likely N-dealkylation sites (N-methyl/N-ethyl adjacent to an activating group) is 1. The number of hydrogen-bond acceptors (Lipinski definition) is 5. The molecule has 2 amide bonds. The Morgan fingerprint density at radius 2 is 1.78 bits per heavy atom. The number of benzene rings is 2. The predicted molar refractivity (Wildman–Crippen MR) is 176 cm³/mol. The third kappa shape index (κ3) is 6.13. The second-order valence-electron chi connectivity index (χ2n) is 12.5. The summed E-state index contributed by atoms with van der Waals surface area (Å²) >= 11 is 0. The number of amides is 2. The molecule has 45 heavy (non-hydrogen) atoms. The molecular weight excluding hydrogens is 566 g/mol. The Labute approximate surface area is 263 Å². The lowest BCUT2D eigenvalue weighted by Gasteiger charge is -2.29. The molecule has 1 aliphatic heterocycles. The number of rotatable bonds is 8. The second kappa shape index (κ2) is 12.3. The quantitative estimate of drug-likeness (QED) is 0.220. The van der Waals surface area contributed by atoms with Crippen LogP contribution >= 0.6 is 0 Å². The Kier molecular flexibility index (Phi) is 8.29. The van der Waals surface area contributed by atoms with Gasteiger partial charge in [0, 0.05) is 65.8 Å². The summed E-state index contributed by atoms with van der Waals surface area (Å²) in [5.74, 6) is -1.14. The molecule has 9 nitrogen and oxygen atoms in total. The summed E-state index contributed by atoms with van der Waals surface area (Å²) in [7, 11) is 3.99. The molecule has 0 unspecified atom stereocenters. The standard InChI is InChI=1S/C36H39N5O4/c1-23-8-12-27(21-37-23)33-32(25-6-4-5-7-25)29-16-13-26(20-30(29)41(33)3)34(44)39-36(18-19-40(2)22-36)35(45)38-28-14-9-24(10-15-28)11-17-31(42)43/h8-17,20-21,25H,4-7,18-19,22H2,1-3H3,(H,38,45)(H,39,44)(H,42,43)/b17-11+/t36-/m0/s1. The first-order chi connectivity index (χ1) is 21.6. The molecule has 232 valence electrons. The van der Waals surface area contributed by atoms with E-state index in [0.717, 1.165) is 46.8 Å². The van der Waals surface area contributed by atoms with Crippen molar-refractivity contribution in [3.8, 4) is 11.3 Å². The van der Waals surface area contributed by atoms with E-state index < -0.39 is 11.5 Å². The summed E-state index contributed by atoms with van der Waals surface area (Å²) in [5, 5.41) is 16.1. The van der Waals surface area contributed by atoms with E-state index in [1.54, 1.807) is 24.3 Å². The highest BCUT2D eigenvalue weighted by atomic mass is 16.4. The Morgan fingerprint density at radius 3 is 2.42 bits per heavy atom. The first-order valence-corrected chi connectivity index (χ1v) is 15.5. The van der Waals surface area contributed by atoms with E-state index in [4.69, 9.17) is 5.11 Å². The summed E-state index contributed by atoms with van der Waals surface area (Å²) in [5.41, 5.74) is 6.18. The molecule has 0 bridgehead atoms. The molecule has 4 aromatic rings. The van der Waals surface area contributed by atoms with Gasteiger partial charge in [-0.15, -0.1) is 0 Å². The third-order valence-corrected chi connectivity index (χ3v) is 9.28. The van der Waals surface area contributed by atoms with Gasteiger partial charge >= 0.3 is 5.97 Å². The predicted octanol–water partition coefficient (Wildman–Crippen LogP) is 5.75. The third-order valence-electron chi connectivity index (χ3n) is 9.28.